The maximum Gasteiger partial charge on any atom is 0.0547 e. The molecule has 0 amide bonds. The Morgan fingerprint density at radius 3 is 1.03 bits per heavy atom. The highest BCUT2D eigenvalue weighted by atomic mass is 32.1. The van der Waals surface area contributed by atoms with Gasteiger partial charge in [-0.1, -0.05) is 194 Å². The standard InChI is InChI=1S/C90H52N4S/c1-2-19-54(20-3-1)91-81-33-14-11-28-67(81)77-47-56(39-43-85(77)91)93-83-35-16-12-29-68(83)78-48-57(40-44-86(78)93)94-87-51-74-62-24-7-5-22-60(62)59-21-4-6-23-61(59)72(74)49-79(87)80-50-73-64-26-9-8-25-63(64)71-46-55(38-41-65(71)75(73)52-88(80)94)92-82-34-15-10-27-66(82)76-45-53(37-42-84(76)92)58-31-18-32-70-69-30-13-17-36-89(69)95-90(58)70/h1-52H. The summed E-state index contributed by atoms with van der Waals surface area (Å²) in [6.07, 6.45) is 0. The van der Waals surface area contributed by atoms with E-state index in [4.69, 9.17) is 0 Å². The van der Waals surface area contributed by atoms with Gasteiger partial charge < -0.3 is 18.3 Å². The molecule has 0 saturated heterocycles. The van der Waals surface area contributed by atoms with Crippen molar-refractivity contribution in [3.8, 4) is 33.9 Å². The summed E-state index contributed by atoms with van der Waals surface area (Å²) in [5, 5.41) is 27.5. The Morgan fingerprint density at radius 2 is 0.505 bits per heavy atom. The summed E-state index contributed by atoms with van der Waals surface area (Å²) in [6, 6.07) is 119. The zero-order valence-electron chi connectivity index (χ0n) is 51.2. The Hall–Kier alpha value is -12.3. The smallest absolute Gasteiger partial charge is 0.0547 e. The molecule has 5 heterocycles. The summed E-state index contributed by atoms with van der Waals surface area (Å²) in [4.78, 5) is 0. The Balaban J connectivity index is 0.783. The molecule has 17 aromatic carbocycles. The highest BCUT2D eigenvalue weighted by Crippen LogP contribution is 2.48. The van der Waals surface area contributed by atoms with E-state index in [1.807, 2.05) is 11.3 Å². The van der Waals surface area contributed by atoms with Crippen LogP contribution in [0.5, 0.6) is 0 Å². The molecule has 0 radical (unpaired) electrons. The van der Waals surface area contributed by atoms with Crippen molar-refractivity contribution in [2.24, 2.45) is 0 Å². The molecule has 438 valence electrons. The molecule has 22 aromatic rings. The summed E-state index contributed by atoms with van der Waals surface area (Å²) < 4.78 is 12.6. The summed E-state index contributed by atoms with van der Waals surface area (Å²) >= 11 is 1.89. The van der Waals surface area contributed by atoms with Gasteiger partial charge in [0.1, 0.15) is 0 Å². The maximum absolute atomic E-state index is 2.58. The number of hydrogen-bond donors (Lipinski definition) is 0. The maximum atomic E-state index is 2.58. The van der Waals surface area contributed by atoms with Crippen molar-refractivity contribution in [3.63, 3.8) is 0 Å². The lowest BCUT2D eigenvalue weighted by molar-refractivity contribution is 1.16. The predicted octanol–water partition coefficient (Wildman–Crippen LogP) is 25.0. The molecule has 5 heteroatoms. The van der Waals surface area contributed by atoms with Crippen molar-refractivity contribution in [2.45, 2.75) is 0 Å². The zero-order valence-corrected chi connectivity index (χ0v) is 52.0. The lowest BCUT2D eigenvalue weighted by Gasteiger charge is -2.15. The number of rotatable bonds is 5. The van der Waals surface area contributed by atoms with E-state index in [-0.39, 0.29) is 0 Å². The summed E-state index contributed by atoms with van der Waals surface area (Å²) in [5.41, 5.74) is 16.5. The Morgan fingerprint density at radius 1 is 0.168 bits per heavy atom. The summed E-state index contributed by atoms with van der Waals surface area (Å²) in [7, 11) is 0. The van der Waals surface area contributed by atoms with Gasteiger partial charge in [0.15, 0.2) is 0 Å². The van der Waals surface area contributed by atoms with E-state index in [0.29, 0.717) is 0 Å². The third kappa shape index (κ3) is 7.09. The first-order chi connectivity index (χ1) is 47.1. The number of nitrogens with zero attached hydrogens (tertiary/aromatic N) is 4. The molecule has 0 fully saturated rings. The van der Waals surface area contributed by atoms with Crippen molar-refractivity contribution in [2.75, 3.05) is 0 Å². The number of fused-ring (bicyclic) bond motifs is 27. The van der Waals surface area contributed by atoms with Gasteiger partial charge in [0.05, 0.1) is 44.1 Å². The Bertz CT molecular complexity index is 7150. The number of para-hydroxylation sites is 4. The van der Waals surface area contributed by atoms with Crippen LogP contribution in [-0.2, 0) is 0 Å². The minimum atomic E-state index is 1.12. The van der Waals surface area contributed by atoms with E-state index in [9.17, 15) is 0 Å². The van der Waals surface area contributed by atoms with Crippen molar-refractivity contribution < 1.29 is 0 Å². The monoisotopic (exact) mass is 1220 g/mol. The third-order valence-electron chi connectivity index (χ3n) is 21.1. The van der Waals surface area contributed by atoms with Crippen molar-refractivity contribution in [1.29, 1.82) is 0 Å². The highest BCUT2D eigenvalue weighted by Gasteiger charge is 2.24. The molecule has 0 aliphatic carbocycles. The molecule has 4 nitrogen and oxygen atoms in total. The van der Waals surface area contributed by atoms with Crippen LogP contribution in [0.1, 0.15) is 0 Å². The average molecular weight is 1220 g/mol. The number of aromatic nitrogens is 4. The number of benzene rings is 17. The summed E-state index contributed by atoms with van der Waals surface area (Å²) in [5.74, 6) is 0. The third-order valence-corrected chi connectivity index (χ3v) is 22.3. The minimum absolute atomic E-state index is 1.12. The van der Waals surface area contributed by atoms with Gasteiger partial charge in [0.2, 0.25) is 0 Å². The molecule has 22 rings (SSSR count). The van der Waals surface area contributed by atoms with Gasteiger partial charge in [-0.15, -0.1) is 11.3 Å². The van der Waals surface area contributed by atoms with E-state index in [1.54, 1.807) is 0 Å². The SMILES string of the molecule is c1ccc(-n2c3ccccc3c3cc(-n4c5ccccc5c5cc(-n6c7cc8c9ccccc9c9ccccc9c8cc7c7cc8c9ccccc9c9cc(-n%10c%11ccccc%11c%11cc(-c%12cccc%13c%12sc%12ccccc%12%13)ccc%11%10)ccc9c8cc76)ccc54)ccc32)cc1. The first-order valence-electron chi connectivity index (χ1n) is 32.8. The highest BCUT2D eigenvalue weighted by molar-refractivity contribution is 7.26. The van der Waals surface area contributed by atoms with Crippen LogP contribution in [0.15, 0.2) is 315 Å². The fraction of sp³-hybridized carbons (Fsp3) is 0. The van der Waals surface area contributed by atoms with Gasteiger partial charge in [-0.25, -0.2) is 0 Å². The molecule has 0 saturated carbocycles. The van der Waals surface area contributed by atoms with Crippen LogP contribution in [0.2, 0.25) is 0 Å². The normalized spacial score (nSPS) is 12.4. The molecule has 0 bridgehead atoms. The first-order valence-corrected chi connectivity index (χ1v) is 33.6. The van der Waals surface area contributed by atoms with Crippen molar-refractivity contribution >= 4 is 183 Å². The molecule has 0 atom stereocenters. The Kier molecular flexibility index (Phi) is 10.4. The lowest BCUT2D eigenvalue weighted by atomic mass is 9.91. The number of thiophene rings is 1. The van der Waals surface area contributed by atoms with E-state index in [2.05, 4.69) is 334 Å². The van der Waals surface area contributed by atoms with Gasteiger partial charge in [0.25, 0.3) is 0 Å². The summed E-state index contributed by atoms with van der Waals surface area (Å²) in [6.45, 7) is 0. The molecule has 0 aliphatic rings. The first kappa shape index (κ1) is 51.4. The van der Waals surface area contributed by atoms with Crippen LogP contribution in [0.25, 0.3) is 206 Å². The van der Waals surface area contributed by atoms with Gasteiger partial charge in [-0.3, -0.25) is 0 Å². The van der Waals surface area contributed by atoms with Gasteiger partial charge in [-0.05, 0) is 197 Å². The molecular formula is C90H52N4S. The number of hydrogen-bond acceptors (Lipinski definition) is 1. The second-order valence-corrected chi connectivity index (χ2v) is 26.9. The molecule has 0 unspecified atom stereocenters. The van der Waals surface area contributed by atoms with Crippen LogP contribution in [0.4, 0.5) is 0 Å². The predicted molar refractivity (Wildman–Crippen MR) is 407 cm³/mol. The van der Waals surface area contributed by atoms with Crippen molar-refractivity contribution in [1.82, 2.24) is 18.3 Å². The van der Waals surface area contributed by atoms with Gasteiger partial charge in [-0.2, -0.15) is 0 Å². The van der Waals surface area contributed by atoms with E-state index >= 15 is 0 Å². The van der Waals surface area contributed by atoms with E-state index in [1.165, 1.54) is 178 Å². The zero-order chi connectivity index (χ0) is 61.7. The van der Waals surface area contributed by atoms with Crippen LogP contribution >= 0.6 is 11.3 Å². The molecule has 5 aromatic heterocycles. The molecule has 95 heavy (non-hydrogen) atoms. The molecule has 0 spiro atoms. The lowest BCUT2D eigenvalue weighted by Crippen LogP contribution is -1.97. The van der Waals surface area contributed by atoms with E-state index in [0.717, 1.165) is 28.3 Å². The Labute approximate surface area is 547 Å². The average Bonchev–Trinajstić information content (AvgIpc) is 1.62. The van der Waals surface area contributed by atoms with Crippen LogP contribution in [0.3, 0.4) is 0 Å². The largest absolute Gasteiger partial charge is 0.309 e. The second-order valence-electron chi connectivity index (χ2n) is 25.8. The molecule has 0 N–H and O–H groups in total. The van der Waals surface area contributed by atoms with Gasteiger partial charge >= 0.3 is 0 Å². The quantitative estimate of drug-likeness (QED) is 0.153. The fourth-order valence-electron chi connectivity index (χ4n) is 17.0. The fourth-order valence-corrected chi connectivity index (χ4v) is 18.2. The minimum Gasteiger partial charge on any atom is -0.309 e. The van der Waals surface area contributed by atoms with Crippen LogP contribution in [-0.4, -0.2) is 18.3 Å². The molecular weight excluding hydrogens is 1170 g/mol. The second kappa shape index (κ2) is 19.2. The van der Waals surface area contributed by atoms with Crippen LogP contribution < -0.4 is 0 Å². The topological polar surface area (TPSA) is 19.7 Å². The van der Waals surface area contributed by atoms with E-state index < -0.39 is 0 Å². The van der Waals surface area contributed by atoms with Gasteiger partial charge in [0, 0.05) is 86.0 Å². The van der Waals surface area contributed by atoms with Crippen molar-refractivity contribution in [3.05, 3.63) is 315 Å². The van der Waals surface area contributed by atoms with Crippen LogP contribution in [0, 0.1) is 0 Å². The molecule has 0 aliphatic heterocycles.